The quantitative estimate of drug-likeness (QED) is 0.794. The van der Waals surface area contributed by atoms with Crippen LogP contribution < -0.4 is 14.8 Å². The van der Waals surface area contributed by atoms with E-state index in [1.165, 1.54) is 12.8 Å². The minimum Gasteiger partial charge on any atom is -0.497 e. The smallest absolute Gasteiger partial charge is 0.123 e. The van der Waals surface area contributed by atoms with Gasteiger partial charge in [-0.1, -0.05) is 0 Å². The molecule has 0 bridgehead atoms. The molecule has 0 radical (unpaired) electrons. The number of rotatable bonds is 8. The Morgan fingerprint density at radius 2 is 1.92 bits per heavy atom. The van der Waals surface area contributed by atoms with Crippen molar-refractivity contribution in [3.63, 3.8) is 0 Å². The Hall–Kier alpha value is -1.98. The fraction of sp³-hybridized carbons (Fsp3) is 0.500. The number of nitrogens with zero attached hydrogens (tertiary/aromatic N) is 1. The van der Waals surface area contributed by atoms with Gasteiger partial charge >= 0.3 is 0 Å². The Kier molecular flexibility index (Phi) is 6.00. The first kappa shape index (κ1) is 17.8. The molecule has 1 aromatic heterocycles. The van der Waals surface area contributed by atoms with E-state index in [1.54, 1.807) is 14.2 Å². The van der Waals surface area contributed by atoms with Crippen LogP contribution in [-0.4, -0.2) is 38.8 Å². The van der Waals surface area contributed by atoms with E-state index in [-0.39, 0.29) is 6.04 Å². The first-order chi connectivity index (χ1) is 12.2. The number of benzene rings is 1. The molecule has 1 atom stereocenters. The molecule has 25 heavy (non-hydrogen) atoms. The zero-order valence-corrected chi connectivity index (χ0v) is 15.4. The highest BCUT2D eigenvalue weighted by Gasteiger charge is 2.25. The molecule has 2 heterocycles. The van der Waals surface area contributed by atoms with E-state index in [0.717, 1.165) is 54.8 Å². The number of likely N-dealkylation sites (tertiary alicyclic amines) is 1. The van der Waals surface area contributed by atoms with Crippen LogP contribution >= 0.6 is 0 Å². The lowest BCUT2D eigenvalue weighted by atomic mass is 10.1. The SMILES string of the molecule is COc1ccc(OC)c(CNCC(c2ccc(C)o2)N2CCCC2)c1. The summed E-state index contributed by atoms with van der Waals surface area (Å²) in [6.07, 6.45) is 2.53. The van der Waals surface area contributed by atoms with E-state index >= 15 is 0 Å². The van der Waals surface area contributed by atoms with Gasteiger partial charge in [0, 0.05) is 18.7 Å². The van der Waals surface area contributed by atoms with Crippen molar-refractivity contribution in [1.29, 1.82) is 0 Å². The zero-order valence-electron chi connectivity index (χ0n) is 15.4. The third-order valence-corrected chi connectivity index (χ3v) is 4.81. The topological polar surface area (TPSA) is 46.9 Å². The standard InChI is InChI=1S/C20H28N2O3/c1-15-6-8-20(25-15)18(22-10-4-5-11-22)14-21-13-16-12-17(23-2)7-9-19(16)24-3/h6-9,12,18,21H,4-5,10-11,13-14H2,1-3H3. The van der Waals surface area contributed by atoms with Gasteiger partial charge < -0.3 is 19.2 Å². The van der Waals surface area contributed by atoms with E-state index in [0.29, 0.717) is 0 Å². The Bertz CT molecular complexity index is 677. The van der Waals surface area contributed by atoms with Gasteiger partial charge in [0.25, 0.3) is 0 Å². The van der Waals surface area contributed by atoms with Crippen LogP contribution in [0.5, 0.6) is 11.5 Å². The Balaban J connectivity index is 1.67. The van der Waals surface area contributed by atoms with Crippen LogP contribution in [0.15, 0.2) is 34.7 Å². The molecule has 3 rings (SSSR count). The van der Waals surface area contributed by atoms with Gasteiger partial charge in [-0.05, 0) is 63.2 Å². The predicted octanol–water partition coefficient (Wildman–Crippen LogP) is 3.53. The third-order valence-electron chi connectivity index (χ3n) is 4.81. The molecule has 0 aliphatic carbocycles. The molecule has 0 spiro atoms. The third kappa shape index (κ3) is 4.35. The second-order valence-electron chi connectivity index (χ2n) is 6.52. The fourth-order valence-electron chi connectivity index (χ4n) is 3.46. The molecule has 2 aromatic rings. The largest absolute Gasteiger partial charge is 0.497 e. The summed E-state index contributed by atoms with van der Waals surface area (Å²) in [5, 5.41) is 3.58. The zero-order chi connectivity index (χ0) is 17.6. The number of hydrogen-bond donors (Lipinski definition) is 1. The minimum absolute atomic E-state index is 0.271. The van der Waals surface area contributed by atoms with Gasteiger partial charge in [-0.3, -0.25) is 4.90 Å². The highest BCUT2D eigenvalue weighted by molar-refractivity contribution is 5.40. The predicted molar refractivity (Wildman–Crippen MR) is 98.2 cm³/mol. The number of aryl methyl sites for hydroxylation is 1. The minimum atomic E-state index is 0.271. The average Bonchev–Trinajstić information content (AvgIpc) is 3.30. The van der Waals surface area contributed by atoms with E-state index in [4.69, 9.17) is 13.9 Å². The molecule has 136 valence electrons. The summed E-state index contributed by atoms with van der Waals surface area (Å²) in [6, 6.07) is 10.3. The van der Waals surface area contributed by atoms with E-state index < -0.39 is 0 Å². The second kappa shape index (κ2) is 8.41. The number of nitrogens with one attached hydrogen (secondary N) is 1. The van der Waals surface area contributed by atoms with Gasteiger partial charge in [-0.25, -0.2) is 0 Å². The van der Waals surface area contributed by atoms with Gasteiger partial charge in [0.2, 0.25) is 0 Å². The molecule has 1 aliphatic rings. The molecule has 1 fully saturated rings. The van der Waals surface area contributed by atoms with Crippen LogP contribution in [0.2, 0.25) is 0 Å². The number of ether oxygens (including phenoxy) is 2. The first-order valence-corrected chi connectivity index (χ1v) is 8.93. The molecule has 0 amide bonds. The second-order valence-corrected chi connectivity index (χ2v) is 6.52. The highest BCUT2D eigenvalue weighted by atomic mass is 16.5. The number of hydrogen-bond acceptors (Lipinski definition) is 5. The maximum Gasteiger partial charge on any atom is 0.123 e. The van der Waals surface area contributed by atoms with Gasteiger partial charge in [0.1, 0.15) is 23.0 Å². The summed E-state index contributed by atoms with van der Waals surface area (Å²) < 4.78 is 16.7. The van der Waals surface area contributed by atoms with Crippen LogP contribution in [0, 0.1) is 6.92 Å². The van der Waals surface area contributed by atoms with Crippen LogP contribution in [0.25, 0.3) is 0 Å². The summed E-state index contributed by atoms with van der Waals surface area (Å²) >= 11 is 0. The lowest BCUT2D eigenvalue weighted by Gasteiger charge is -2.26. The van der Waals surface area contributed by atoms with Crippen molar-refractivity contribution in [3.05, 3.63) is 47.4 Å². The monoisotopic (exact) mass is 344 g/mol. The molecule has 1 aliphatic heterocycles. The van der Waals surface area contributed by atoms with Gasteiger partial charge in [-0.15, -0.1) is 0 Å². The molecular formula is C20H28N2O3. The molecule has 5 nitrogen and oxygen atoms in total. The highest BCUT2D eigenvalue weighted by Crippen LogP contribution is 2.27. The van der Waals surface area contributed by atoms with Gasteiger partial charge in [-0.2, -0.15) is 0 Å². The van der Waals surface area contributed by atoms with Crippen LogP contribution in [0.3, 0.4) is 0 Å². The maximum atomic E-state index is 5.92. The van der Waals surface area contributed by atoms with E-state index in [1.807, 2.05) is 31.2 Å². The summed E-state index contributed by atoms with van der Waals surface area (Å²) in [4.78, 5) is 2.51. The molecule has 0 saturated carbocycles. The van der Waals surface area contributed by atoms with E-state index in [9.17, 15) is 0 Å². The van der Waals surface area contributed by atoms with Crippen molar-refractivity contribution < 1.29 is 13.9 Å². The Morgan fingerprint density at radius 1 is 1.12 bits per heavy atom. The molecule has 1 saturated heterocycles. The Labute approximate surface area is 149 Å². The van der Waals surface area contributed by atoms with Crippen molar-refractivity contribution >= 4 is 0 Å². The molecule has 5 heteroatoms. The maximum absolute atomic E-state index is 5.92. The summed E-state index contributed by atoms with van der Waals surface area (Å²) in [6.45, 7) is 5.83. The summed E-state index contributed by atoms with van der Waals surface area (Å²) in [5.74, 6) is 3.73. The van der Waals surface area contributed by atoms with Crippen LogP contribution in [0.4, 0.5) is 0 Å². The van der Waals surface area contributed by atoms with Crippen molar-refractivity contribution in [2.45, 2.75) is 32.4 Å². The van der Waals surface area contributed by atoms with Crippen molar-refractivity contribution in [2.24, 2.45) is 0 Å². The van der Waals surface area contributed by atoms with Crippen LogP contribution in [0.1, 0.15) is 36.0 Å². The fourth-order valence-corrected chi connectivity index (χ4v) is 3.46. The van der Waals surface area contributed by atoms with Gasteiger partial charge in [0.05, 0.1) is 20.3 Å². The number of furan rings is 1. The van der Waals surface area contributed by atoms with Crippen LogP contribution in [-0.2, 0) is 6.54 Å². The van der Waals surface area contributed by atoms with E-state index in [2.05, 4.69) is 16.3 Å². The Morgan fingerprint density at radius 3 is 2.56 bits per heavy atom. The lowest BCUT2D eigenvalue weighted by Crippen LogP contribution is -2.33. The van der Waals surface area contributed by atoms with Gasteiger partial charge in [0.15, 0.2) is 0 Å². The normalized spacial score (nSPS) is 16.1. The summed E-state index contributed by atoms with van der Waals surface area (Å²) in [7, 11) is 3.38. The molecule has 1 unspecified atom stereocenters. The first-order valence-electron chi connectivity index (χ1n) is 8.93. The van der Waals surface area contributed by atoms with Crippen molar-refractivity contribution in [3.8, 4) is 11.5 Å². The van der Waals surface area contributed by atoms with Crippen molar-refractivity contribution in [1.82, 2.24) is 10.2 Å². The molecule has 1 N–H and O–H groups in total. The molecular weight excluding hydrogens is 316 g/mol. The molecule has 1 aromatic carbocycles. The van der Waals surface area contributed by atoms with Crippen molar-refractivity contribution in [2.75, 3.05) is 33.9 Å². The number of methoxy groups -OCH3 is 2. The lowest BCUT2D eigenvalue weighted by molar-refractivity contribution is 0.207. The average molecular weight is 344 g/mol. The summed E-state index contributed by atoms with van der Waals surface area (Å²) in [5.41, 5.74) is 1.10.